The molecule has 6 nitrogen and oxygen atoms in total. The average molecular weight is 487 g/mol. The highest BCUT2D eigenvalue weighted by Gasteiger charge is 2.39. The molecule has 1 aliphatic carbocycles. The van der Waals surface area contributed by atoms with E-state index in [1.807, 2.05) is 0 Å². The number of hydrogen-bond donors (Lipinski definition) is 3. The van der Waals surface area contributed by atoms with Crippen LogP contribution in [-0.2, 0) is 19.3 Å². The molecular formula is C27H39N2O4P. The standard InChI is InChI=1S/C27H39N2O4P/c1-28-22-26(30)29-20-10-2-3-11-21-32-34(31)33-25-16-18-27(19-17-25,23-12-6-4-7-13-23)24-14-8-5-9-15-24/h4-9,12-15,25,28,31H,2-3,10-11,16-22H2,1H3,(H,29,30). The van der Waals surface area contributed by atoms with Gasteiger partial charge in [0.15, 0.2) is 0 Å². The van der Waals surface area contributed by atoms with Crippen molar-refractivity contribution in [2.75, 3.05) is 26.7 Å². The summed E-state index contributed by atoms with van der Waals surface area (Å²) < 4.78 is 11.5. The highest BCUT2D eigenvalue weighted by atomic mass is 31.2. The summed E-state index contributed by atoms with van der Waals surface area (Å²) in [5, 5.41) is 5.71. The Hall–Kier alpha value is -1.82. The molecule has 1 fully saturated rings. The van der Waals surface area contributed by atoms with Gasteiger partial charge in [0.2, 0.25) is 5.91 Å². The van der Waals surface area contributed by atoms with Crippen LogP contribution in [0, 0.1) is 0 Å². The van der Waals surface area contributed by atoms with Crippen LogP contribution in [0.4, 0.5) is 0 Å². The van der Waals surface area contributed by atoms with Gasteiger partial charge in [-0.2, -0.15) is 0 Å². The van der Waals surface area contributed by atoms with Crippen molar-refractivity contribution in [3.8, 4) is 0 Å². The Morgan fingerprint density at radius 3 is 2.15 bits per heavy atom. The predicted octanol–water partition coefficient (Wildman–Crippen LogP) is 5.06. The molecule has 186 valence electrons. The van der Waals surface area contributed by atoms with Gasteiger partial charge in [-0.25, -0.2) is 0 Å². The Morgan fingerprint density at radius 2 is 1.56 bits per heavy atom. The second-order valence-electron chi connectivity index (χ2n) is 8.98. The number of benzene rings is 2. The maximum absolute atomic E-state index is 11.4. The molecule has 1 amide bonds. The van der Waals surface area contributed by atoms with E-state index in [0.717, 1.165) is 51.4 Å². The zero-order valence-electron chi connectivity index (χ0n) is 20.2. The minimum absolute atomic E-state index is 0.00598. The van der Waals surface area contributed by atoms with E-state index in [-0.39, 0.29) is 17.4 Å². The van der Waals surface area contributed by atoms with Crippen molar-refractivity contribution in [1.82, 2.24) is 10.6 Å². The molecule has 1 atom stereocenters. The van der Waals surface area contributed by atoms with Gasteiger partial charge < -0.3 is 24.6 Å². The topological polar surface area (TPSA) is 79.8 Å². The van der Waals surface area contributed by atoms with Gasteiger partial charge in [-0.3, -0.25) is 4.79 Å². The summed E-state index contributed by atoms with van der Waals surface area (Å²) in [7, 11) is -0.0872. The summed E-state index contributed by atoms with van der Waals surface area (Å²) >= 11 is 0. The summed E-state index contributed by atoms with van der Waals surface area (Å²) in [6.07, 6.45) is 7.65. The molecule has 0 aromatic heterocycles. The zero-order valence-corrected chi connectivity index (χ0v) is 21.1. The molecular weight excluding hydrogens is 447 g/mol. The third kappa shape index (κ3) is 8.14. The monoisotopic (exact) mass is 486 g/mol. The van der Waals surface area contributed by atoms with Crippen LogP contribution in [0.1, 0.15) is 62.5 Å². The number of rotatable bonds is 14. The number of nitrogens with one attached hydrogen (secondary N) is 2. The van der Waals surface area contributed by atoms with Crippen LogP contribution in [0.3, 0.4) is 0 Å². The van der Waals surface area contributed by atoms with E-state index in [0.29, 0.717) is 19.7 Å². The first-order chi connectivity index (χ1) is 16.6. The molecule has 0 radical (unpaired) electrons. The molecule has 2 aromatic rings. The molecule has 0 heterocycles. The van der Waals surface area contributed by atoms with Gasteiger partial charge in [0.25, 0.3) is 0 Å². The predicted molar refractivity (Wildman–Crippen MR) is 138 cm³/mol. The first-order valence-electron chi connectivity index (χ1n) is 12.4. The number of hydrogen-bond acceptors (Lipinski definition) is 5. The molecule has 2 aromatic carbocycles. The Morgan fingerprint density at radius 1 is 0.971 bits per heavy atom. The van der Waals surface area contributed by atoms with Crippen LogP contribution in [-0.4, -0.2) is 43.6 Å². The quantitative estimate of drug-likeness (QED) is 0.257. The Bertz CT molecular complexity index is 788. The first-order valence-corrected chi connectivity index (χ1v) is 13.6. The van der Waals surface area contributed by atoms with Crippen molar-refractivity contribution in [2.24, 2.45) is 0 Å². The fourth-order valence-corrected chi connectivity index (χ4v) is 5.59. The van der Waals surface area contributed by atoms with Crippen LogP contribution in [0.25, 0.3) is 0 Å². The summed E-state index contributed by atoms with van der Waals surface area (Å²) in [4.78, 5) is 21.6. The second-order valence-corrected chi connectivity index (χ2v) is 9.93. The molecule has 3 N–H and O–H groups in total. The van der Waals surface area contributed by atoms with E-state index in [1.54, 1.807) is 7.05 Å². The normalized spacial score (nSPS) is 16.8. The number of carbonyl (C=O) groups is 1. The number of unbranched alkanes of at least 4 members (excludes halogenated alkanes) is 3. The fourth-order valence-electron chi connectivity index (χ4n) is 4.78. The first kappa shape index (κ1) is 26.8. The number of likely N-dealkylation sites (N-methyl/N-ethyl adjacent to an activating group) is 1. The van der Waals surface area contributed by atoms with E-state index in [4.69, 9.17) is 9.05 Å². The maximum atomic E-state index is 11.4. The van der Waals surface area contributed by atoms with Gasteiger partial charge in [-0.15, -0.1) is 0 Å². The van der Waals surface area contributed by atoms with Crippen molar-refractivity contribution in [3.63, 3.8) is 0 Å². The van der Waals surface area contributed by atoms with Crippen molar-refractivity contribution in [3.05, 3.63) is 71.8 Å². The molecule has 1 unspecified atom stereocenters. The molecule has 0 aliphatic heterocycles. The van der Waals surface area contributed by atoms with Gasteiger partial charge in [-0.1, -0.05) is 73.5 Å². The lowest BCUT2D eigenvalue weighted by molar-refractivity contribution is -0.120. The smallest absolute Gasteiger partial charge is 0.330 e. The van der Waals surface area contributed by atoms with Gasteiger partial charge in [-0.05, 0) is 56.7 Å². The Balaban J connectivity index is 1.36. The van der Waals surface area contributed by atoms with E-state index in [9.17, 15) is 9.69 Å². The van der Waals surface area contributed by atoms with Crippen LogP contribution in [0.15, 0.2) is 60.7 Å². The summed E-state index contributed by atoms with van der Waals surface area (Å²) in [5.41, 5.74) is 2.70. The number of amides is 1. The van der Waals surface area contributed by atoms with Crippen molar-refractivity contribution in [1.29, 1.82) is 0 Å². The molecule has 0 saturated heterocycles. The lowest BCUT2D eigenvalue weighted by atomic mass is 9.65. The Labute approximate surface area is 205 Å². The molecule has 7 heteroatoms. The van der Waals surface area contributed by atoms with Gasteiger partial charge in [0, 0.05) is 12.0 Å². The van der Waals surface area contributed by atoms with Crippen molar-refractivity contribution < 1.29 is 18.7 Å². The molecule has 34 heavy (non-hydrogen) atoms. The highest BCUT2D eigenvalue weighted by molar-refractivity contribution is 7.40. The third-order valence-corrected chi connectivity index (χ3v) is 7.49. The lowest BCUT2D eigenvalue weighted by Gasteiger charge is -2.41. The zero-order chi connectivity index (χ0) is 24.1. The van der Waals surface area contributed by atoms with Gasteiger partial charge in [0.1, 0.15) is 0 Å². The molecule has 0 spiro atoms. The summed E-state index contributed by atoms with van der Waals surface area (Å²) in [6.45, 7) is 1.56. The molecule has 3 rings (SSSR count). The van der Waals surface area contributed by atoms with Gasteiger partial charge >= 0.3 is 8.60 Å². The minimum atomic E-state index is -1.85. The van der Waals surface area contributed by atoms with Crippen molar-refractivity contribution >= 4 is 14.5 Å². The van der Waals surface area contributed by atoms with Crippen LogP contribution < -0.4 is 10.6 Å². The van der Waals surface area contributed by atoms with Crippen LogP contribution in [0.2, 0.25) is 0 Å². The second kappa shape index (κ2) is 14.6. The fraction of sp³-hybridized carbons (Fsp3) is 0.519. The largest absolute Gasteiger partial charge is 0.355 e. The molecule has 1 saturated carbocycles. The van der Waals surface area contributed by atoms with Gasteiger partial charge in [0.05, 0.1) is 19.3 Å². The van der Waals surface area contributed by atoms with E-state index in [1.165, 1.54) is 11.1 Å². The minimum Gasteiger partial charge on any atom is -0.355 e. The van der Waals surface area contributed by atoms with Crippen molar-refractivity contribution in [2.45, 2.75) is 62.9 Å². The summed E-state index contributed by atoms with van der Waals surface area (Å²) in [6, 6.07) is 21.5. The SMILES string of the molecule is CNCC(=O)NCCCCCCOP(O)OC1CCC(c2ccccc2)(c2ccccc2)CC1. The lowest BCUT2D eigenvalue weighted by Crippen LogP contribution is -2.35. The highest BCUT2D eigenvalue weighted by Crippen LogP contribution is 2.48. The van der Waals surface area contributed by atoms with Crippen LogP contribution >= 0.6 is 8.60 Å². The number of carbonyl (C=O) groups excluding carboxylic acids is 1. The molecule has 0 bridgehead atoms. The molecule has 1 aliphatic rings. The third-order valence-electron chi connectivity index (χ3n) is 6.61. The Kier molecular flexibility index (Phi) is 11.5. The maximum Gasteiger partial charge on any atom is 0.330 e. The van der Waals surface area contributed by atoms with Crippen LogP contribution in [0.5, 0.6) is 0 Å². The average Bonchev–Trinajstić information content (AvgIpc) is 2.87. The van der Waals surface area contributed by atoms with E-state index in [2.05, 4.69) is 71.3 Å². The van der Waals surface area contributed by atoms with E-state index >= 15 is 0 Å². The summed E-state index contributed by atoms with van der Waals surface area (Å²) in [5.74, 6) is 0.0291. The van der Waals surface area contributed by atoms with E-state index < -0.39 is 8.60 Å².